The lowest BCUT2D eigenvalue weighted by atomic mass is 10.2. The number of anilines is 3. The molecule has 0 bridgehead atoms. The van der Waals surface area contributed by atoms with Crippen molar-refractivity contribution in [2.24, 2.45) is 0 Å². The quantitative estimate of drug-likeness (QED) is 0.659. The van der Waals surface area contributed by atoms with Gasteiger partial charge in [0.25, 0.3) is 5.91 Å². The molecule has 2 N–H and O–H groups in total. The van der Waals surface area contributed by atoms with E-state index in [0.29, 0.717) is 24.3 Å². The monoisotopic (exact) mass is 418 g/mol. The molecule has 0 unspecified atom stereocenters. The standard InChI is InChI=1S/C24H23FN4O2/c25-21-11-4-5-12-22(21)27-23(30)18-7-6-8-19(17-18)26-24(31)29-15-13-28(14-16-29)20-9-2-1-3-10-20/h1-12,17H,13-16H2,(H,26,31)(H,27,30). The first-order chi connectivity index (χ1) is 15.1. The van der Waals surface area contributed by atoms with Gasteiger partial charge in [-0.05, 0) is 42.5 Å². The van der Waals surface area contributed by atoms with Crippen LogP contribution in [-0.2, 0) is 0 Å². The molecule has 158 valence electrons. The third-order valence-electron chi connectivity index (χ3n) is 5.19. The highest BCUT2D eigenvalue weighted by Crippen LogP contribution is 2.18. The molecular formula is C24H23FN4O2. The number of piperazine rings is 1. The lowest BCUT2D eigenvalue weighted by Gasteiger charge is -2.36. The molecule has 3 amide bonds. The Morgan fingerprint density at radius 1 is 0.774 bits per heavy atom. The van der Waals surface area contributed by atoms with Gasteiger partial charge >= 0.3 is 6.03 Å². The SMILES string of the molecule is O=C(Nc1ccccc1F)c1cccc(NC(=O)N2CCN(c3ccccc3)CC2)c1. The summed E-state index contributed by atoms with van der Waals surface area (Å²) < 4.78 is 13.8. The number of hydrogen-bond donors (Lipinski definition) is 2. The van der Waals surface area contributed by atoms with Crippen LogP contribution < -0.4 is 15.5 Å². The highest BCUT2D eigenvalue weighted by atomic mass is 19.1. The lowest BCUT2D eigenvalue weighted by molar-refractivity contribution is 0.102. The van der Waals surface area contributed by atoms with Crippen molar-refractivity contribution in [1.29, 1.82) is 0 Å². The summed E-state index contributed by atoms with van der Waals surface area (Å²) in [5, 5.41) is 5.40. The number of para-hydroxylation sites is 2. The zero-order chi connectivity index (χ0) is 21.6. The van der Waals surface area contributed by atoms with Gasteiger partial charge in [-0.3, -0.25) is 4.79 Å². The van der Waals surface area contributed by atoms with Crippen molar-refractivity contribution < 1.29 is 14.0 Å². The normalized spacial score (nSPS) is 13.6. The Morgan fingerprint density at radius 3 is 2.23 bits per heavy atom. The van der Waals surface area contributed by atoms with Gasteiger partial charge < -0.3 is 20.4 Å². The fraction of sp³-hybridized carbons (Fsp3) is 0.167. The van der Waals surface area contributed by atoms with E-state index in [1.54, 1.807) is 41.3 Å². The first-order valence-electron chi connectivity index (χ1n) is 10.1. The van der Waals surface area contributed by atoms with E-state index >= 15 is 0 Å². The molecule has 0 atom stereocenters. The number of halogens is 1. The number of urea groups is 1. The molecular weight excluding hydrogens is 395 g/mol. The summed E-state index contributed by atoms with van der Waals surface area (Å²) in [5.74, 6) is -0.951. The van der Waals surface area contributed by atoms with Gasteiger partial charge in [0.1, 0.15) is 5.82 Å². The van der Waals surface area contributed by atoms with E-state index in [2.05, 4.69) is 27.7 Å². The number of carbonyl (C=O) groups is 2. The van der Waals surface area contributed by atoms with Crippen LogP contribution in [0.5, 0.6) is 0 Å². The fourth-order valence-electron chi connectivity index (χ4n) is 3.50. The van der Waals surface area contributed by atoms with Crippen LogP contribution in [0.25, 0.3) is 0 Å². The van der Waals surface area contributed by atoms with Gasteiger partial charge in [-0.15, -0.1) is 0 Å². The van der Waals surface area contributed by atoms with Gasteiger partial charge in [0, 0.05) is 43.1 Å². The molecule has 0 radical (unpaired) electrons. The maximum absolute atomic E-state index is 13.8. The van der Waals surface area contributed by atoms with Crippen molar-refractivity contribution in [1.82, 2.24) is 4.90 Å². The van der Waals surface area contributed by atoms with Crippen molar-refractivity contribution in [3.8, 4) is 0 Å². The van der Waals surface area contributed by atoms with E-state index in [1.807, 2.05) is 18.2 Å². The summed E-state index contributed by atoms with van der Waals surface area (Å²) in [7, 11) is 0. The molecule has 1 aliphatic rings. The molecule has 7 heteroatoms. The average molecular weight is 418 g/mol. The van der Waals surface area contributed by atoms with Crippen LogP contribution in [0.15, 0.2) is 78.9 Å². The van der Waals surface area contributed by atoms with E-state index in [-0.39, 0.29) is 11.7 Å². The predicted octanol–water partition coefficient (Wildman–Crippen LogP) is 4.43. The molecule has 0 aromatic heterocycles. The van der Waals surface area contributed by atoms with E-state index < -0.39 is 11.7 Å². The molecule has 4 rings (SSSR count). The summed E-state index contributed by atoms with van der Waals surface area (Å²) in [5.41, 5.74) is 2.10. The third-order valence-corrected chi connectivity index (χ3v) is 5.19. The molecule has 6 nitrogen and oxygen atoms in total. The molecule has 0 saturated carbocycles. The number of rotatable bonds is 4. The summed E-state index contributed by atoms with van der Waals surface area (Å²) in [6.45, 7) is 2.72. The van der Waals surface area contributed by atoms with Crippen LogP contribution in [0, 0.1) is 5.82 Å². The highest BCUT2D eigenvalue weighted by molar-refractivity contribution is 6.05. The minimum atomic E-state index is -0.505. The lowest BCUT2D eigenvalue weighted by Crippen LogP contribution is -2.50. The number of nitrogens with zero attached hydrogens (tertiary/aromatic N) is 2. The zero-order valence-corrected chi connectivity index (χ0v) is 16.9. The molecule has 1 fully saturated rings. The van der Waals surface area contributed by atoms with Crippen molar-refractivity contribution in [2.75, 3.05) is 41.7 Å². The van der Waals surface area contributed by atoms with E-state index in [9.17, 15) is 14.0 Å². The third kappa shape index (κ3) is 5.01. The topological polar surface area (TPSA) is 64.7 Å². The molecule has 3 aromatic rings. The summed E-state index contributed by atoms with van der Waals surface area (Å²) in [4.78, 5) is 29.1. The average Bonchev–Trinajstić information content (AvgIpc) is 2.81. The molecule has 1 aliphatic heterocycles. The summed E-state index contributed by atoms with van der Waals surface area (Å²) in [6.07, 6.45) is 0. The Labute approximate surface area is 180 Å². The van der Waals surface area contributed by atoms with Crippen LogP contribution >= 0.6 is 0 Å². The van der Waals surface area contributed by atoms with Crippen molar-refractivity contribution in [3.63, 3.8) is 0 Å². The Bertz CT molecular complexity index is 1070. The van der Waals surface area contributed by atoms with Crippen LogP contribution in [0.4, 0.5) is 26.2 Å². The number of benzene rings is 3. The first-order valence-corrected chi connectivity index (χ1v) is 10.1. The Hall–Kier alpha value is -3.87. The molecule has 3 aromatic carbocycles. The zero-order valence-electron chi connectivity index (χ0n) is 16.9. The molecule has 0 spiro atoms. The number of carbonyl (C=O) groups excluding carboxylic acids is 2. The fourth-order valence-corrected chi connectivity index (χ4v) is 3.50. The summed E-state index contributed by atoms with van der Waals surface area (Å²) >= 11 is 0. The second kappa shape index (κ2) is 9.30. The van der Waals surface area contributed by atoms with Crippen LogP contribution in [0.3, 0.4) is 0 Å². The second-order valence-electron chi connectivity index (χ2n) is 7.25. The van der Waals surface area contributed by atoms with Gasteiger partial charge in [-0.25, -0.2) is 9.18 Å². The van der Waals surface area contributed by atoms with Crippen molar-refractivity contribution >= 4 is 29.0 Å². The number of amides is 3. The number of hydrogen-bond acceptors (Lipinski definition) is 3. The van der Waals surface area contributed by atoms with Gasteiger partial charge in [0.2, 0.25) is 0 Å². The Kier molecular flexibility index (Phi) is 6.12. The smallest absolute Gasteiger partial charge is 0.321 e. The van der Waals surface area contributed by atoms with Crippen molar-refractivity contribution in [2.45, 2.75) is 0 Å². The van der Waals surface area contributed by atoms with Gasteiger partial charge in [-0.1, -0.05) is 36.4 Å². The Morgan fingerprint density at radius 2 is 1.48 bits per heavy atom. The van der Waals surface area contributed by atoms with E-state index in [4.69, 9.17) is 0 Å². The van der Waals surface area contributed by atoms with E-state index in [1.165, 1.54) is 12.1 Å². The molecule has 31 heavy (non-hydrogen) atoms. The van der Waals surface area contributed by atoms with Gasteiger partial charge in [-0.2, -0.15) is 0 Å². The van der Waals surface area contributed by atoms with Crippen LogP contribution in [-0.4, -0.2) is 43.0 Å². The van der Waals surface area contributed by atoms with Gasteiger partial charge in [0.15, 0.2) is 0 Å². The predicted molar refractivity (Wildman–Crippen MR) is 120 cm³/mol. The maximum Gasteiger partial charge on any atom is 0.321 e. The molecule has 1 heterocycles. The second-order valence-corrected chi connectivity index (χ2v) is 7.25. The van der Waals surface area contributed by atoms with Gasteiger partial charge in [0.05, 0.1) is 5.69 Å². The van der Waals surface area contributed by atoms with E-state index in [0.717, 1.165) is 18.8 Å². The first kappa shape index (κ1) is 20.4. The maximum atomic E-state index is 13.8. The van der Waals surface area contributed by atoms with Crippen molar-refractivity contribution in [3.05, 3.63) is 90.2 Å². The molecule has 1 saturated heterocycles. The van der Waals surface area contributed by atoms with Crippen LogP contribution in [0.1, 0.15) is 10.4 Å². The minimum Gasteiger partial charge on any atom is -0.368 e. The number of nitrogens with one attached hydrogen (secondary N) is 2. The summed E-state index contributed by atoms with van der Waals surface area (Å²) in [6, 6.07) is 22.5. The largest absolute Gasteiger partial charge is 0.368 e. The highest BCUT2D eigenvalue weighted by Gasteiger charge is 2.21. The minimum absolute atomic E-state index is 0.109. The van der Waals surface area contributed by atoms with Crippen LogP contribution in [0.2, 0.25) is 0 Å². The Balaban J connectivity index is 1.35. The molecule has 0 aliphatic carbocycles.